The second kappa shape index (κ2) is 7.94. The van der Waals surface area contributed by atoms with E-state index in [2.05, 4.69) is 9.88 Å². The largest absolute Gasteiger partial charge is 0.337 e. The van der Waals surface area contributed by atoms with E-state index in [-0.39, 0.29) is 17.3 Å². The number of aromatic amines is 1. The van der Waals surface area contributed by atoms with Crippen LogP contribution in [0.2, 0.25) is 0 Å². The van der Waals surface area contributed by atoms with E-state index in [4.69, 9.17) is 0 Å². The average molecular weight is 379 g/mol. The van der Waals surface area contributed by atoms with Crippen molar-refractivity contribution in [1.82, 2.24) is 14.8 Å². The maximum atomic E-state index is 13.1. The van der Waals surface area contributed by atoms with Crippen LogP contribution in [0.25, 0.3) is 10.9 Å². The molecule has 0 spiro atoms. The number of hydrogen-bond donors (Lipinski definition) is 1. The van der Waals surface area contributed by atoms with Gasteiger partial charge in [0.15, 0.2) is 0 Å². The molecule has 0 atom stereocenters. The molecule has 0 radical (unpaired) electrons. The summed E-state index contributed by atoms with van der Waals surface area (Å²) >= 11 is 0. The zero-order chi connectivity index (χ0) is 19.5. The molecule has 144 valence electrons. The second-order valence-corrected chi connectivity index (χ2v) is 7.18. The highest BCUT2D eigenvalue weighted by atomic mass is 19.1. The van der Waals surface area contributed by atoms with Crippen LogP contribution >= 0.6 is 0 Å². The summed E-state index contributed by atoms with van der Waals surface area (Å²) in [5, 5.41) is 1.00. The van der Waals surface area contributed by atoms with Gasteiger partial charge in [0.25, 0.3) is 5.56 Å². The molecule has 6 heteroatoms. The smallest absolute Gasteiger partial charge is 0.252 e. The Bertz CT molecular complexity index is 1050. The van der Waals surface area contributed by atoms with Crippen LogP contribution in [0.5, 0.6) is 0 Å². The Kier molecular flexibility index (Phi) is 5.21. The van der Waals surface area contributed by atoms with Crippen LogP contribution < -0.4 is 5.56 Å². The lowest BCUT2D eigenvalue weighted by Crippen LogP contribution is -2.33. The van der Waals surface area contributed by atoms with Crippen LogP contribution in [-0.2, 0) is 17.9 Å². The summed E-state index contributed by atoms with van der Waals surface area (Å²) in [6.45, 7) is 2.88. The van der Waals surface area contributed by atoms with E-state index in [0.29, 0.717) is 44.7 Å². The maximum Gasteiger partial charge on any atom is 0.252 e. The summed E-state index contributed by atoms with van der Waals surface area (Å²) in [6, 6.07) is 15.9. The van der Waals surface area contributed by atoms with Crippen LogP contribution in [0.4, 0.5) is 4.39 Å². The molecule has 1 aliphatic heterocycles. The van der Waals surface area contributed by atoms with Crippen molar-refractivity contribution in [3.63, 3.8) is 0 Å². The molecular weight excluding hydrogens is 357 g/mol. The molecule has 0 aliphatic carbocycles. The summed E-state index contributed by atoms with van der Waals surface area (Å²) in [5.41, 5.74) is 2.36. The van der Waals surface area contributed by atoms with Gasteiger partial charge in [0.05, 0.1) is 0 Å². The van der Waals surface area contributed by atoms with Crippen molar-refractivity contribution in [2.24, 2.45) is 0 Å². The molecular formula is C22H22FN3O2. The first-order valence-corrected chi connectivity index (χ1v) is 9.44. The standard InChI is InChI=1S/C22H22FN3O2/c23-19-7-5-16(6-8-19)14-26-12-11-25(10-9-21(26)27)15-18-13-17-3-1-2-4-20(17)24-22(18)28/h1-8,13H,9-12,14-15H2,(H,24,28). The van der Waals surface area contributed by atoms with Gasteiger partial charge in [0, 0.05) is 50.2 Å². The van der Waals surface area contributed by atoms with Crippen molar-refractivity contribution in [2.75, 3.05) is 19.6 Å². The molecule has 1 aliphatic rings. The number of aromatic nitrogens is 1. The van der Waals surface area contributed by atoms with Gasteiger partial charge >= 0.3 is 0 Å². The molecule has 0 bridgehead atoms. The number of rotatable bonds is 4. The number of para-hydroxylation sites is 1. The summed E-state index contributed by atoms with van der Waals surface area (Å²) in [4.78, 5) is 31.8. The monoisotopic (exact) mass is 379 g/mol. The molecule has 1 N–H and O–H groups in total. The Hall–Kier alpha value is -2.99. The number of fused-ring (bicyclic) bond motifs is 1. The molecule has 4 rings (SSSR count). The highest BCUT2D eigenvalue weighted by Gasteiger charge is 2.21. The number of carbonyl (C=O) groups is 1. The molecule has 28 heavy (non-hydrogen) atoms. The summed E-state index contributed by atoms with van der Waals surface area (Å²) in [5.74, 6) is -0.197. The minimum absolute atomic E-state index is 0.0826. The Morgan fingerprint density at radius 2 is 1.71 bits per heavy atom. The number of carbonyl (C=O) groups excluding carboxylic acids is 1. The van der Waals surface area contributed by atoms with E-state index in [9.17, 15) is 14.0 Å². The van der Waals surface area contributed by atoms with Crippen molar-refractivity contribution < 1.29 is 9.18 Å². The van der Waals surface area contributed by atoms with Gasteiger partial charge in [0.1, 0.15) is 5.82 Å². The number of pyridine rings is 1. The number of halogens is 1. The number of hydrogen-bond acceptors (Lipinski definition) is 3. The zero-order valence-corrected chi connectivity index (χ0v) is 15.5. The van der Waals surface area contributed by atoms with E-state index >= 15 is 0 Å². The Morgan fingerprint density at radius 3 is 2.54 bits per heavy atom. The first-order valence-electron chi connectivity index (χ1n) is 9.44. The summed E-state index contributed by atoms with van der Waals surface area (Å²) in [7, 11) is 0. The molecule has 2 aromatic carbocycles. The highest BCUT2D eigenvalue weighted by molar-refractivity contribution is 5.78. The SMILES string of the molecule is O=C1CCN(Cc2cc3ccccc3[nH]c2=O)CCN1Cc1ccc(F)cc1. The number of H-pyrrole nitrogens is 1. The average Bonchev–Trinajstić information content (AvgIpc) is 2.86. The maximum absolute atomic E-state index is 13.1. The predicted molar refractivity (Wildman–Crippen MR) is 106 cm³/mol. The van der Waals surface area contributed by atoms with Gasteiger partial charge < -0.3 is 9.88 Å². The lowest BCUT2D eigenvalue weighted by molar-refractivity contribution is -0.130. The van der Waals surface area contributed by atoms with Crippen molar-refractivity contribution in [2.45, 2.75) is 19.5 Å². The normalized spacial score (nSPS) is 15.8. The van der Waals surface area contributed by atoms with Crippen LogP contribution in [0, 0.1) is 5.82 Å². The Labute approximate surface area is 162 Å². The fraction of sp³-hybridized carbons (Fsp3) is 0.273. The fourth-order valence-electron chi connectivity index (χ4n) is 3.60. The van der Waals surface area contributed by atoms with Crippen molar-refractivity contribution in [1.29, 1.82) is 0 Å². The van der Waals surface area contributed by atoms with Gasteiger partial charge in [-0.05, 0) is 35.2 Å². The van der Waals surface area contributed by atoms with Gasteiger partial charge in [-0.15, -0.1) is 0 Å². The van der Waals surface area contributed by atoms with Crippen LogP contribution in [0.3, 0.4) is 0 Å². The molecule has 0 saturated carbocycles. The van der Waals surface area contributed by atoms with Gasteiger partial charge in [-0.1, -0.05) is 30.3 Å². The molecule has 1 amide bonds. The van der Waals surface area contributed by atoms with Crippen molar-refractivity contribution >= 4 is 16.8 Å². The van der Waals surface area contributed by atoms with Crippen molar-refractivity contribution in [3.05, 3.63) is 81.9 Å². The number of nitrogens with zero attached hydrogens (tertiary/aromatic N) is 2. The Morgan fingerprint density at radius 1 is 0.929 bits per heavy atom. The molecule has 0 unspecified atom stereocenters. The van der Waals surface area contributed by atoms with Crippen molar-refractivity contribution in [3.8, 4) is 0 Å². The predicted octanol–water partition coefficient (Wildman–Crippen LogP) is 2.90. The van der Waals surface area contributed by atoms with E-state index < -0.39 is 0 Å². The molecule has 1 fully saturated rings. The highest BCUT2D eigenvalue weighted by Crippen LogP contribution is 2.15. The number of amides is 1. The van der Waals surface area contributed by atoms with E-state index in [0.717, 1.165) is 16.5 Å². The zero-order valence-electron chi connectivity index (χ0n) is 15.5. The fourth-order valence-corrected chi connectivity index (χ4v) is 3.60. The van der Waals surface area contributed by atoms with Crippen LogP contribution in [-0.4, -0.2) is 40.3 Å². The van der Waals surface area contributed by atoms with Gasteiger partial charge in [-0.2, -0.15) is 0 Å². The Balaban J connectivity index is 1.45. The van der Waals surface area contributed by atoms with Gasteiger partial charge in [-0.3, -0.25) is 14.5 Å². The minimum Gasteiger partial charge on any atom is -0.337 e. The van der Waals surface area contributed by atoms with E-state index in [1.807, 2.05) is 30.3 Å². The molecule has 3 aromatic rings. The third-order valence-corrected chi connectivity index (χ3v) is 5.19. The van der Waals surface area contributed by atoms with Gasteiger partial charge in [0.2, 0.25) is 5.91 Å². The van der Waals surface area contributed by atoms with E-state index in [1.165, 1.54) is 12.1 Å². The van der Waals surface area contributed by atoms with Gasteiger partial charge in [-0.25, -0.2) is 4.39 Å². The topological polar surface area (TPSA) is 56.4 Å². The first-order chi connectivity index (χ1) is 13.6. The third kappa shape index (κ3) is 4.12. The quantitative estimate of drug-likeness (QED) is 0.758. The molecule has 5 nitrogen and oxygen atoms in total. The lowest BCUT2D eigenvalue weighted by atomic mass is 10.1. The lowest BCUT2D eigenvalue weighted by Gasteiger charge is -2.22. The molecule has 1 aromatic heterocycles. The molecule has 1 saturated heterocycles. The number of nitrogens with one attached hydrogen (secondary N) is 1. The summed E-state index contributed by atoms with van der Waals surface area (Å²) < 4.78 is 13.1. The summed E-state index contributed by atoms with van der Waals surface area (Å²) in [6.07, 6.45) is 0.409. The minimum atomic E-state index is -0.280. The van der Waals surface area contributed by atoms with E-state index in [1.54, 1.807) is 17.0 Å². The molecule has 2 heterocycles. The van der Waals surface area contributed by atoms with Crippen LogP contribution in [0.15, 0.2) is 59.4 Å². The third-order valence-electron chi connectivity index (χ3n) is 5.19. The van der Waals surface area contributed by atoms with Crippen LogP contribution in [0.1, 0.15) is 17.5 Å². The number of benzene rings is 2. The second-order valence-electron chi connectivity index (χ2n) is 7.18. The first kappa shape index (κ1) is 18.4.